The van der Waals surface area contributed by atoms with Crippen molar-refractivity contribution in [3.8, 4) is 11.3 Å². The summed E-state index contributed by atoms with van der Waals surface area (Å²) in [5, 5.41) is 0.472. The Hall–Kier alpha value is -1.59. The molecule has 0 aliphatic heterocycles. The van der Waals surface area contributed by atoms with Gasteiger partial charge in [0.2, 0.25) is 0 Å². The lowest BCUT2D eigenvalue weighted by molar-refractivity contribution is 0.518. The highest BCUT2D eigenvalue weighted by Gasteiger charge is 2.12. The maximum atomic E-state index is 11.4. The Morgan fingerprint density at radius 2 is 1.89 bits per heavy atom. The molecular formula is C12H9ClO4S. The topological polar surface area (TPSA) is 64.3 Å². The van der Waals surface area contributed by atoms with E-state index in [9.17, 15) is 13.2 Å². The summed E-state index contributed by atoms with van der Waals surface area (Å²) in [4.78, 5) is 11.3. The number of hydrogen-bond donors (Lipinski definition) is 0. The summed E-state index contributed by atoms with van der Waals surface area (Å²) in [6, 6.07) is 8.88. The summed E-state index contributed by atoms with van der Waals surface area (Å²) in [5.41, 5.74) is -0.169. The third-order valence-corrected chi connectivity index (χ3v) is 3.61. The number of rotatable bonds is 2. The molecule has 1 heterocycles. The van der Waals surface area contributed by atoms with Crippen LogP contribution in [0.5, 0.6) is 0 Å². The molecule has 94 valence electrons. The first kappa shape index (κ1) is 12.9. The van der Waals surface area contributed by atoms with Crippen LogP contribution in [0.4, 0.5) is 0 Å². The molecule has 4 nitrogen and oxygen atoms in total. The van der Waals surface area contributed by atoms with E-state index in [4.69, 9.17) is 16.0 Å². The van der Waals surface area contributed by atoms with Crippen LogP contribution in [-0.2, 0) is 9.84 Å². The summed E-state index contributed by atoms with van der Waals surface area (Å²) in [6.07, 6.45) is 1.03. The van der Waals surface area contributed by atoms with Gasteiger partial charge in [-0.15, -0.1) is 0 Å². The molecule has 0 saturated carbocycles. The zero-order valence-electron chi connectivity index (χ0n) is 9.38. The maximum Gasteiger partial charge on any atom is 0.337 e. The van der Waals surface area contributed by atoms with Gasteiger partial charge in [0, 0.05) is 29.0 Å². The van der Waals surface area contributed by atoms with Crippen LogP contribution in [0.15, 0.2) is 50.5 Å². The minimum absolute atomic E-state index is 0.0753. The van der Waals surface area contributed by atoms with E-state index in [0.29, 0.717) is 10.6 Å². The standard InChI is InChI=1S/C12H9ClO4S/c1-18(15,16)10-6-11(17-12(14)7-10)8-3-2-4-9(13)5-8/h2-7H,1H3. The highest BCUT2D eigenvalue weighted by Crippen LogP contribution is 2.23. The van der Waals surface area contributed by atoms with Crippen molar-refractivity contribution in [1.29, 1.82) is 0 Å². The largest absolute Gasteiger partial charge is 0.423 e. The van der Waals surface area contributed by atoms with Crippen molar-refractivity contribution in [3.05, 3.63) is 51.8 Å². The van der Waals surface area contributed by atoms with Crippen LogP contribution in [0.25, 0.3) is 11.3 Å². The zero-order chi connectivity index (χ0) is 13.3. The van der Waals surface area contributed by atoms with Crippen molar-refractivity contribution in [2.45, 2.75) is 4.90 Å². The molecule has 0 aliphatic carbocycles. The first-order valence-electron chi connectivity index (χ1n) is 4.97. The van der Waals surface area contributed by atoms with Crippen LogP contribution < -0.4 is 5.63 Å². The maximum absolute atomic E-state index is 11.4. The lowest BCUT2D eigenvalue weighted by Crippen LogP contribution is -2.05. The molecule has 2 aromatic rings. The van der Waals surface area contributed by atoms with E-state index in [0.717, 1.165) is 12.3 Å². The van der Waals surface area contributed by atoms with E-state index < -0.39 is 15.5 Å². The molecule has 0 radical (unpaired) electrons. The number of sulfone groups is 1. The van der Waals surface area contributed by atoms with E-state index in [1.165, 1.54) is 6.07 Å². The molecule has 1 aromatic carbocycles. The van der Waals surface area contributed by atoms with Gasteiger partial charge in [0.05, 0.1) is 4.90 Å². The van der Waals surface area contributed by atoms with Crippen molar-refractivity contribution in [1.82, 2.24) is 0 Å². The summed E-state index contributed by atoms with van der Waals surface area (Å²) >= 11 is 5.83. The minimum Gasteiger partial charge on any atom is -0.423 e. The fraction of sp³-hybridized carbons (Fsp3) is 0.0833. The predicted molar refractivity (Wildman–Crippen MR) is 68.5 cm³/mol. The van der Waals surface area contributed by atoms with Gasteiger partial charge in [-0.05, 0) is 12.1 Å². The second-order valence-electron chi connectivity index (χ2n) is 3.76. The summed E-state index contributed by atoms with van der Waals surface area (Å²) in [7, 11) is -3.46. The molecule has 2 rings (SSSR count). The fourth-order valence-corrected chi connectivity index (χ4v) is 2.27. The van der Waals surface area contributed by atoms with Crippen LogP contribution >= 0.6 is 11.6 Å². The molecule has 18 heavy (non-hydrogen) atoms. The average Bonchev–Trinajstić information content (AvgIpc) is 2.27. The van der Waals surface area contributed by atoms with Crippen LogP contribution in [0, 0.1) is 0 Å². The Labute approximate surface area is 109 Å². The van der Waals surface area contributed by atoms with Gasteiger partial charge in [-0.25, -0.2) is 13.2 Å². The third kappa shape index (κ3) is 2.80. The number of halogens is 1. The van der Waals surface area contributed by atoms with E-state index in [-0.39, 0.29) is 10.7 Å². The lowest BCUT2D eigenvalue weighted by Gasteiger charge is -2.03. The van der Waals surface area contributed by atoms with Crippen molar-refractivity contribution in [3.63, 3.8) is 0 Å². The second kappa shape index (κ2) is 4.59. The molecule has 0 aliphatic rings. The number of hydrogen-bond acceptors (Lipinski definition) is 4. The highest BCUT2D eigenvalue weighted by molar-refractivity contribution is 7.90. The third-order valence-electron chi connectivity index (χ3n) is 2.28. The molecule has 0 bridgehead atoms. The Morgan fingerprint density at radius 3 is 2.50 bits per heavy atom. The van der Waals surface area contributed by atoms with Crippen molar-refractivity contribution >= 4 is 21.4 Å². The van der Waals surface area contributed by atoms with Crippen LogP contribution in [0.2, 0.25) is 5.02 Å². The molecule has 6 heteroatoms. The van der Waals surface area contributed by atoms with Crippen molar-refractivity contribution < 1.29 is 12.8 Å². The summed E-state index contributed by atoms with van der Waals surface area (Å²) in [5.74, 6) is 0.172. The van der Waals surface area contributed by atoms with E-state index in [2.05, 4.69) is 0 Å². The minimum atomic E-state index is -3.46. The molecule has 1 aromatic heterocycles. The van der Waals surface area contributed by atoms with E-state index in [1.807, 2.05) is 0 Å². The van der Waals surface area contributed by atoms with Crippen LogP contribution in [0.3, 0.4) is 0 Å². The quantitative estimate of drug-likeness (QED) is 0.849. The Balaban J connectivity index is 2.67. The molecular weight excluding hydrogens is 276 g/mol. The Kier molecular flexibility index (Phi) is 3.28. The van der Waals surface area contributed by atoms with Gasteiger partial charge >= 0.3 is 5.63 Å². The normalized spacial score (nSPS) is 11.4. The summed E-state index contributed by atoms with van der Waals surface area (Å²) in [6.45, 7) is 0. The average molecular weight is 285 g/mol. The molecule has 0 saturated heterocycles. The molecule has 0 N–H and O–H groups in total. The SMILES string of the molecule is CS(=O)(=O)c1cc(-c2cccc(Cl)c2)oc(=O)c1. The number of benzene rings is 1. The zero-order valence-corrected chi connectivity index (χ0v) is 11.0. The molecule has 0 spiro atoms. The van der Waals surface area contributed by atoms with Crippen molar-refractivity contribution in [2.24, 2.45) is 0 Å². The first-order chi connectivity index (χ1) is 8.36. The smallest absolute Gasteiger partial charge is 0.337 e. The van der Waals surface area contributed by atoms with Gasteiger partial charge in [0.1, 0.15) is 5.76 Å². The van der Waals surface area contributed by atoms with Gasteiger partial charge in [-0.2, -0.15) is 0 Å². The Morgan fingerprint density at radius 1 is 1.17 bits per heavy atom. The predicted octanol–water partition coefficient (Wildman–Crippen LogP) is 2.36. The summed E-state index contributed by atoms with van der Waals surface area (Å²) < 4.78 is 27.8. The molecule has 0 unspecified atom stereocenters. The van der Waals surface area contributed by atoms with Gasteiger partial charge in [-0.3, -0.25) is 0 Å². The van der Waals surface area contributed by atoms with Gasteiger partial charge in [-0.1, -0.05) is 23.7 Å². The second-order valence-corrected chi connectivity index (χ2v) is 6.21. The molecule has 0 amide bonds. The fourth-order valence-electron chi connectivity index (χ4n) is 1.45. The van der Waals surface area contributed by atoms with E-state index >= 15 is 0 Å². The van der Waals surface area contributed by atoms with E-state index in [1.54, 1.807) is 24.3 Å². The lowest BCUT2D eigenvalue weighted by atomic mass is 10.1. The molecule has 0 atom stereocenters. The van der Waals surface area contributed by atoms with Crippen LogP contribution in [-0.4, -0.2) is 14.7 Å². The van der Waals surface area contributed by atoms with Gasteiger partial charge in [0.25, 0.3) is 0 Å². The van der Waals surface area contributed by atoms with Crippen LogP contribution in [0.1, 0.15) is 0 Å². The molecule has 0 fully saturated rings. The monoisotopic (exact) mass is 284 g/mol. The van der Waals surface area contributed by atoms with Gasteiger partial charge < -0.3 is 4.42 Å². The highest BCUT2D eigenvalue weighted by atomic mass is 35.5. The Bertz CT molecular complexity index is 747. The van der Waals surface area contributed by atoms with Gasteiger partial charge in [0.15, 0.2) is 9.84 Å². The van der Waals surface area contributed by atoms with Crippen molar-refractivity contribution in [2.75, 3.05) is 6.26 Å². The first-order valence-corrected chi connectivity index (χ1v) is 7.24.